The van der Waals surface area contributed by atoms with Gasteiger partial charge in [-0.15, -0.1) is 0 Å². The van der Waals surface area contributed by atoms with Crippen molar-refractivity contribution in [1.29, 1.82) is 0 Å². The summed E-state index contributed by atoms with van der Waals surface area (Å²) in [6, 6.07) is 15.8. The molecule has 0 unspecified atom stereocenters. The molecule has 0 spiro atoms. The first-order valence-electron chi connectivity index (χ1n) is 7.50. The lowest BCUT2D eigenvalue weighted by Crippen LogP contribution is -2.40. The molecule has 0 atom stereocenters. The van der Waals surface area contributed by atoms with Crippen LogP contribution in [0.2, 0.25) is 0 Å². The maximum Gasteiger partial charge on any atom is 0.243 e. The van der Waals surface area contributed by atoms with Crippen molar-refractivity contribution in [2.45, 2.75) is 18.4 Å². The topological polar surface area (TPSA) is 66.5 Å². The number of likely N-dealkylation sites (N-methyl/N-ethyl adjacent to an activating group) is 1. The van der Waals surface area contributed by atoms with Gasteiger partial charge in [0, 0.05) is 17.6 Å². The molecule has 0 radical (unpaired) electrons. The largest absolute Gasteiger partial charge is 0.351 e. The van der Waals surface area contributed by atoms with Crippen LogP contribution in [0.1, 0.15) is 12.5 Å². The molecule has 5 nitrogen and oxygen atoms in total. The van der Waals surface area contributed by atoms with Crippen molar-refractivity contribution in [1.82, 2.24) is 9.62 Å². The standard InChI is InChI=1S/C17H19BrN2O3S/c1-2-20(24(22,23)16-10-8-15(18)9-11-16)13-17(21)19-12-14-6-4-3-5-7-14/h3-11H,2,12-13H2,1H3,(H,19,21). The van der Waals surface area contributed by atoms with Gasteiger partial charge in [0.15, 0.2) is 0 Å². The van der Waals surface area contributed by atoms with E-state index in [4.69, 9.17) is 0 Å². The van der Waals surface area contributed by atoms with Crippen LogP contribution >= 0.6 is 15.9 Å². The van der Waals surface area contributed by atoms with Gasteiger partial charge in [0.1, 0.15) is 0 Å². The molecule has 0 aliphatic rings. The molecule has 2 aromatic rings. The van der Waals surface area contributed by atoms with Crippen molar-refractivity contribution in [2.24, 2.45) is 0 Å². The van der Waals surface area contributed by atoms with E-state index < -0.39 is 10.0 Å². The molecule has 0 aliphatic heterocycles. The Morgan fingerprint density at radius 2 is 1.71 bits per heavy atom. The van der Waals surface area contributed by atoms with Gasteiger partial charge in [-0.1, -0.05) is 53.2 Å². The molecule has 0 aromatic heterocycles. The minimum Gasteiger partial charge on any atom is -0.351 e. The molecule has 128 valence electrons. The highest BCUT2D eigenvalue weighted by Crippen LogP contribution is 2.18. The van der Waals surface area contributed by atoms with Gasteiger partial charge in [-0.25, -0.2) is 8.42 Å². The second kappa shape index (κ2) is 8.41. The summed E-state index contributed by atoms with van der Waals surface area (Å²) in [4.78, 5) is 12.3. The van der Waals surface area contributed by atoms with Gasteiger partial charge in [0.2, 0.25) is 15.9 Å². The number of benzene rings is 2. The van der Waals surface area contributed by atoms with E-state index in [0.29, 0.717) is 6.54 Å². The number of hydrogen-bond acceptors (Lipinski definition) is 3. The molecule has 0 saturated carbocycles. The smallest absolute Gasteiger partial charge is 0.243 e. The fourth-order valence-electron chi connectivity index (χ4n) is 2.13. The van der Waals surface area contributed by atoms with Crippen LogP contribution in [0.3, 0.4) is 0 Å². The molecular formula is C17H19BrN2O3S. The zero-order valence-corrected chi connectivity index (χ0v) is 15.7. The van der Waals surface area contributed by atoms with Crippen LogP contribution in [0.25, 0.3) is 0 Å². The van der Waals surface area contributed by atoms with Crippen molar-refractivity contribution in [3.05, 3.63) is 64.6 Å². The van der Waals surface area contributed by atoms with Crippen LogP contribution in [0.5, 0.6) is 0 Å². The Bertz CT molecular complexity index is 777. The summed E-state index contributed by atoms with van der Waals surface area (Å²) in [6.45, 7) is 2.09. The second-order valence-corrected chi connectivity index (χ2v) is 8.00. The number of amides is 1. The van der Waals surface area contributed by atoms with Crippen LogP contribution < -0.4 is 5.32 Å². The summed E-state index contributed by atoms with van der Waals surface area (Å²) in [7, 11) is -3.69. The van der Waals surface area contributed by atoms with E-state index in [9.17, 15) is 13.2 Å². The molecule has 0 aliphatic carbocycles. The number of sulfonamides is 1. The zero-order valence-electron chi connectivity index (χ0n) is 13.3. The average molecular weight is 411 g/mol. The summed E-state index contributed by atoms with van der Waals surface area (Å²) >= 11 is 3.28. The lowest BCUT2D eigenvalue weighted by atomic mass is 10.2. The highest BCUT2D eigenvalue weighted by Gasteiger charge is 2.25. The number of carbonyl (C=O) groups excluding carboxylic acids is 1. The SMILES string of the molecule is CCN(CC(=O)NCc1ccccc1)S(=O)(=O)c1ccc(Br)cc1. The maximum atomic E-state index is 12.6. The first kappa shape index (κ1) is 18.6. The van der Waals surface area contributed by atoms with Crippen LogP contribution in [-0.2, 0) is 21.4 Å². The first-order valence-corrected chi connectivity index (χ1v) is 9.73. The van der Waals surface area contributed by atoms with E-state index in [0.717, 1.165) is 14.3 Å². The Morgan fingerprint density at radius 3 is 2.29 bits per heavy atom. The fraction of sp³-hybridized carbons (Fsp3) is 0.235. The minimum absolute atomic E-state index is 0.170. The zero-order chi connectivity index (χ0) is 17.6. The summed E-state index contributed by atoms with van der Waals surface area (Å²) in [5.74, 6) is -0.332. The fourth-order valence-corrected chi connectivity index (χ4v) is 3.80. The number of nitrogens with zero attached hydrogens (tertiary/aromatic N) is 1. The Labute approximate surface area is 150 Å². The molecule has 0 saturated heterocycles. The number of rotatable bonds is 7. The second-order valence-electron chi connectivity index (χ2n) is 5.15. The third-order valence-electron chi connectivity index (χ3n) is 3.46. The van der Waals surface area contributed by atoms with Gasteiger partial charge < -0.3 is 5.32 Å². The van der Waals surface area contributed by atoms with Crippen LogP contribution in [0, 0.1) is 0 Å². The van der Waals surface area contributed by atoms with E-state index in [1.165, 1.54) is 12.1 Å². The van der Waals surface area contributed by atoms with E-state index in [1.54, 1.807) is 19.1 Å². The van der Waals surface area contributed by atoms with Crippen LogP contribution in [0.4, 0.5) is 0 Å². The highest BCUT2D eigenvalue weighted by atomic mass is 79.9. The molecule has 1 N–H and O–H groups in total. The van der Waals surface area contributed by atoms with Crippen LogP contribution in [-0.4, -0.2) is 31.7 Å². The quantitative estimate of drug-likeness (QED) is 0.762. The summed E-state index contributed by atoms with van der Waals surface area (Å²) in [5, 5.41) is 2.74. The Morgan fingerprint density at radius 1 is 1.08 bits per heavy atom. The predicted molar refractivity (Wildman–Crippen MR) is 96.9 cm³/mol. The van der Waals surface area contributed by atoms with E-state index >= 15 is 0 Å². The Hall–Kier alpha value is -1.70. The predicted octanol–water partition coefficient (Wildman–Crippen LogP) is 2.78. The molecular weight excluding hydrogens is 392 g/mol. The number of nitrogens with one attached hydrogen (secondary N) is 1. The van der Waals surface area contributed by atoms with Gasteiger partial charge in [0.25, 0.3) is 0 Å². The highest BCUT2D eigenvalue weighted by molar-refractivity contribution is 9.10. The molecule has 0 heterocycles. The average Bonchev–Trinajstić information content (AvgIpc) is 2.59. The van der Waals surface area contributed by atoms with Crippen LogP contribution in [0.15, 0.2) is 64.0 Å². The molecule has 2 rings (SSSR count). The first-order chi connectivity index (χ1) is 11.4. The third kappa shape index (κ3) is 4.90. The summed E-state index contributed by atoms with van der Waals surface area (Å²) in [5.41, 5.74) is 0.963. The van der Waals surface area contributed by atoms with Crippen molar-refractivity contribution in [3.8, 4) is 0 Å². The molecule has 1 amide bonds. The summed E-state index contributed by atoms with van der Waals surface area (Å²) < 4.78 is 27.2. The molecule has 2 aromatic carbocycles. The number of halogens is 1. The minimum atomic E-state index is -3.69. The van der Waals surface area contributed by atoms with Gasteiger partial charge in [-0.05, 0) is 29.8 Å². The normalized spacial score (nSPS) is 11.5. The number of carbonyl (C=O) groups is 1. The van der Waals surface area contributed by atoms with E-state index in [-0.39, 0.29) is 23.9 Å². The molecule has 7 heteroatoms. The molecule has 24 heavy (non-hydrogen) atoms. The van der Waals surface area contributed by atoms with E-state index in [2.05, 4.69) is 21.2 Å². The lowest BCUT2D eigenvalue weighted by molar-refractivity contribution is -0.121. The van der Waals surface area contributed by atoms with Gasteiger partial charge in [-0.2, -0.15) is 4.31 Å². The Balaban J connectivity index is 2.02. The monoisotopic (exact) mass is 410 g/mol. The summed E-state index contributed by atoms with van der Waals surface area (Å²) in [6.07, 6.45) is 0. The van der Waals surface area contributed by atoms with Crippen molar-refractivity contribution in [2.75, 3.05) is 13.1 Å². The lowest BCUT2D eigenvalue weighted by Gasteiger charge is -2.20. The number of hydrogen-bond donors (Lipinski definition) is 1. The van der Waals surface area contributed by atoms with Gasteiger partial charge in [-0.3, -0.25) is 4.79 Å². The van der Waals surface area contributed by atoms with Gasteiger partial charge in [0.05, 0.1) is 11.4 Å². The van der Waals surface area contributed by atoms with Crippen molar-refractivity contribution in [3.63, 3.8) is 0 Å². The van der Waals surface area contributed by atoms with Gasteiger partial charge >= 0.3 is 0 Å². The van der Waals surface area contributed by atoms with E-state index in [1.807, 2.05) is 30.3 Å². The maximum absolute atomic E-state index is 12.6. The Kier molecular flexibility index (Phi) is 6.53. The van der Waals surface area contributed by atoms with Crippen molar-refractivity contribution >= 4 is 31.9 Å². The van der Waals surface area contributed by atoms with Crippen molar-refractivity contribution < 1.29 is 13.2 Å². The molecule has 0 bridgehead atoms. The third-order valence-corrected chi connectivity index (χ3v) is 5.92. The molecule has 0 fully saturated rings.